The molecule has 7 nitrogen and oxygen atoms in total. The zero-order valence-corrected chi connectivity index (χ0v) is 21.6. The summed E-state index contributed by atoms with van der Waals surface area (Å²) >= 11 is 0. The van der Waals surface area contributed by atoms with Gasteiger partial charge in [0.25, 0.3) is 0 Å². The number of hydrogen-bond donors (Lipinski definition) is 1. The summed E-state index contributed by atoms with van der Waals surface area (Å²) in [5, 5.41) is 10.7. The summed E-state index contributed by atoms with van der Waals surface area (Å²) in [5.41, 5.74) is 10.4. The van der Waals surface area contributed by atoms with Crippen LogP contribution in [-0.4, -0.2) is 5.97 Å². The van der Waals surface area contributed by atoms with Gasteiger partial charge in [0.05, 0.1) is 5.92 Å². The van der Waals surface area contributed by atoms with Crippen molar-refractivity contribution in [3.05, 3.63) is 137 Å². The first kappa shape index (κ1) is 24.8. The highest BCUT2D eigenvalue weighted by atomic mass is 16.5. The minimum absolute atomic E-state index is 0.000935. The molecule has 1 aliphatic rings. The third kappa shape index (κ3) is 4.63. The number of furan rings is 1. The first-order valence-corrected chi connectivity index (χ1v) is 12.7. The van der Waals surface area contributed by atoms with E-state index in [1.807, 2.05) is 79.7 Å². The summed E-state index contributed by atoms with van der Waals surface area (Å²) in [7, 11) is 0. The fraction of sp³-hybridized carbons (Fsp3) is 0.0909. The van der Waals surface area contributed by atoms with Crippen LogP contribution in [0.4, 0.5) is 0 Å². The summed E-state index contributed by atoms with van der Waals surface area (Å²) in [6.07, 6.45) is 0. The van der Waals surface area contributed by atoms with Crippen molar-refractivity contribution in [3.63, 3.8) is 0 Å². The lowest BCUT2D eigenvalue weighted by molar-refractivity contribution is 0.0702. The van der Waals surface area contributed by atoms with Gasteiger partial charge in [-0.05, 0) is 42.3 Å². The van der Waals surface area contributed by atoms with Crippen molar-refractivity contribution < 1.29 is 23.4 Å². The van der Waals surface area contributed by atoms with E-state index in [0.29, 0.717) is 34.8 Å². The van der Waals surface area contributed by atoms with Crippen LogP contribution in [0.5, 0.6) is 17.2 Å². The van der Waals surface area contributed by atoms with E-state index in [0.717, 1.165) is 22.1 Å². The minimum atomic E-state index is -0.617. The predicted octanol–water partition coefficient (Wildman–Crippen LogP) is 6.76. The Morgan fingerprint density at radius 2 is 1.68 bits per heavy atom. The molecule has 2 N–H and O–H groups in total. The van der Waals surface area contributed by atoms with Gasteiger partial charge in [-0.2, -0.15) is 5.26 Å². The number of fused-ring (bicyclic) bond motifs is 2. The monoisotopic (exact) mass is 528 g/mol. The van der Waals surface area contributed by atoms with E-state index < -0.39 is 11.9 Å². The van der Waals surface area contributed by atoms with Gasteiger partial charge in [-0.1, -0.05) is 66.7 Å². The molecule has 1 atom stereocenters. The van der Waals surface area contributed by atoms with Crippen LogP contribution in [0.15, 0.2) is 113 Å². The van der Waals surface area contributed by atoms with E-state index >= 15 is 0 Å². The largest absolute Gasteiger partial charge is 0.489 e. The van der Waals surface area contributed by atoms with E-state index in [-0.39, 0.29) is 17.4 Å². The molecule has 6 rings (SSSR count). The van der Waals surface area contributed by atoms with Crippen molar-refractivity contribution in [2.75, 3.05) is 0 Å². The van der Waals surface area contributed by atoms with Gasteiger partial charge in [-0.25, -0.2) is 4.79 Å². The Morgan fingerprint density at radius 3 is 2.42 bits per heavy atom. The lowest BCUT2D eigenvalue weighted by Gasteiger charge is -2.26. The molecule has 0 aliphatic carbocycles. The number of ether oxygens (including phenoxy) is 3. The Hall–Kier alpha value is -5.48. The third-order valence-electron chi connectivity index (χ3n) is 6.89. The second-order valence-electron chi connectivity index (χ2n) is 9.41. The SMILES string of the molecule is Cc1c(C(=O)Oc2ccc3c(c2)OC(N)=C(C#N)C3c2ccc(OCc3ccccc3)cc2)oc2ccccc12. The molecule has 0 saturated carbocycles. The van der Waals surface area contributed by atoms with Gasteiger partial charge in [-0.3, -0.25) is 0 Å². The number of nitrogens with zero attached hydrogens (tertiary/aromatic N) is 1. The molecule has 0 bridgehead atoms. The van der Waals surface area contributed by atoms with Crippen LogP contribution >= 0.6 is 0 Å². The van der Waals surface area contributed by atoms with Crippen LogP contribution in [0.25, 0.3) is 11.0 Å². The van der Waals surface area contributed by atoms with E-state index in [2.05, 4.69) is 6.07 Å². The zero-order chi connectivity index (χ0) is 27.6. The Bertz CT molecular complexity index is 1800. The third-order valence-corrected chi connectivity index (χ3v) is 6.89. The minimum Gasteiger partial charge on any atom is -0.489 e. The quantitative estimate of drug-likeness (QED) is 0.192. The van der Waals surface area contributed by atoms with Gasteiger partial charge < -0.3 is 24.4 Å². The molecular formula is C33H24N2O5. The molecule has 7 heteroatoms. The van der Waals surface area contributed by atoms with Crippen LogP contribution in [-0.2, 0) is 6.61 Å². The Kier molecular flexibility index (Phi) is 6.43. The van der Waals surface area contributed by atoms with Crippen LogP contribution in [0, 0.1) is 18.3 Å². The Balaban J connectivity index is 1.25. The summed E-state index contributed by atoms with van der Waals surface area (Å²) in [4.78, 5) is 13.0. The average molecular weight is 529 g/mol. The molecule has 2 heterocycles. The second-order valence-corrected chi connectivity index (χ2v) is 9.41. The molecular weight excluding hydrogens is 504 g/mol. The van der Waals surface area contributed by atoms with Gasteiger partial charge in [0.1, 0.15) is 41.1 Å². The lowest BCUT2D eigenvalue weighted by atomic mass is 9.83. The standard InChI is InChI=1S/C33H24N2O5/c1-20-25-9-5-6-10-28(25)39-31(20)33(36)38-24-15-16-26-29(17-24)40-32(35)27(18-34)30(26)22-11-13-23(14-12-22)37-19-21-7-3-2-4-8-21/h2-17,30H,19,35H2,1H3. The molecule has 0 fully saturated rings. The molecule has 1 aliphatic heterocycles. The van der Waals surface area contributed by atoms with Crippen molar-refractivity contribution in [1.82, 2.24) is 0 Å². The van der Waals surface area contributed by atoms with Crippen molar-refractivity contribution in [3.8, 4) is 23.3 Å². The molecule has 0 radical (unpaired) electrons. The number of benzene rings is 4. The highest BCUT2D eigenvalue weighted by Crippen LogP contribution is 2.44. The molecule has 0 amide bonds. The maximum absolute atomic E-state index is 13.0. The van der Waals surface area contributed by atoms with Gasteiger partial charge in [0.2, 0.25) is 11.6 Å². The van der Waals surface area contributed by atoms with Crippen LogP contribution in [0.1, 0.15) is 38.7 Å². The number of allylic oxidation sites excluding steroid dienone is 1. The fourth-order valence-electron chi connectivity index (χ4n) is 4.86. The summed E-state index contributed by atoms with van der Waals surface area (Å²) in [6, 6.07) is 32.1. The number of para-hydroxylation sites is 1. The normalized spacial score (nSPS) is 14.2. The van der Waals surface area contributed by atoms with E-state index in [1.165, 1.54) is 0 Å². The van der Waals surface area contributed by atoms with Crippen LogP contribution in [0.2, 0.25) is 0 Å². The first-order chi connectivity index (χ1) is 19.5. The van der Waals surface area contributed by atoms with Gasteiger partial charge in [0, 0.05) is 22.6 Å². The Morgan fingerprint density at radius 1 is 0.950 bits per heavy atom. The summed E-state index contributed by atoms with van der Waals surface area (Å²) in [6.45, 7) is 2.27. The fourth-order valence-corrected chi connectivity index (χ4v) is 4.86. The van der Waals surface area contributed by atoms with Gasteiger partial charge >= 0.3 is 5.97 Å². The number of carbonyl (C=O) groups excluding carboxylic acids is 1. The smallest absolute Gasteiger partial charge is 0.379 e. The highest BCUT2D eigenvalue weighted by molar-refractivity contribution is 5.96. The number of nitriles is 1. The molecule has 1 aromatic heterocycles. The van der Waals surface area contributed by atoms with Gasteiger partial charge in [-0.15, -0.1) is 0 Å². The molecule has 0 saturated heterocycles. The van der Waals surface area contributed by atoms with Crippen molar-refractivity contribution >= 4 is 16.9 Å². The first-order valence-electron chi connectivity index (χ1n) is 12.7. The number of nitrogens with two attached hydrogens (primary N) is 1. The van der Waals surface area contributed by atoms with Crippen LogP contribution in [0.3, 0.4) is 0 Å². The van der Waals surface area contributed by atoms with E-state index in [9.17, 15) is 10.1 Å². The summed E-state index contributed by atoms with van der Waals surface area (Å²) in [5.74, 6) is 0.434. The predicted molar refractivity (Wildman–Crippen MR) is 149 cm³/mol. The van der Waals surface area contributed by atoms with E-state index in [4.69, 9.17) is 24.4 Å². The maximum atomic E-state index is 13.0. The van der Waals surface area contributed by atoms with E-state index in [1.54, 1.807) is 24.3 Å². The molecule has 0 spiro atoms. The number of rotatable bonds is 6. The molecule has 1 unspecified atom stereocenters. The molecule has 4 aromatic carbocycles. The molecule has 5 aromatic rings. The Labute approximate surface area is 230 Å². The molecule has 196 valence electrons. The highest BCUT2D eigenvalue weighted by Gasteiger charge is 2.31. The van der Waals surface area contributed by atoms with Gasteiger partial charge in [0.15, 0.2) is 0 Å². The van der Waals surface area contributed by atoms with Crippen LogP contribution < -0.4 is 19.9 Å². The topological polar surface area (TPSA) is 108 Å². The van der Waals surface area contributed by atoms with Crippen molar-refractivity contribution in [2.24, 2.45) is 5.73 Å². The van der Waals surface area contributed by atoms with Crippen molar-refractivity contribution in [1.29, 1.82) is 5.26 Å². The maximum Gasteiger partial charge on any atom is 0.379 e. The second kappa shape index (κ2) is 10.4. The lowest BCUT2D eigenvalue weighted by Crippen LogP contribution is -2.21. The number of carbonyl (C=O) groups is 1. The number of aryl methyl sites for hydroxylation is 1. The molecule has 40 heavy (non-hydrogen) atoms. The zero-order valence-electron chi connectivity index (χ0n) is 21.6. The number of hydrogen-bond acceptors (Lipinski definition) is 7. The average Bonchev–Trinajstić information content (AvgIpc) is 3.32. The summed E-state index contributed by atoms with van der Waals surface area (Å²) < 4.78 is 23.1. The number of esters is 1. The van der Waals surface area contributed by atoms with Crippen molar-refractivity contribution in [2.45, 2.75) is 19.4 Å².